The molecule has 1 fully saturated rings. The number of halogens is 1. The highest BCUT2D eigenvalue weighted by Gasteiger charge is 2.33. The number of aliphatic hydroxyl groups is 1. The molecular formula is C17H19FN6O. The molecule has 2 aromatic heterocycles. The van der Waals surface area contributed by atoms with Gasteiger partial charge in [0, 0.05) is 12.1 Å². The Morgan fingerprint density at radius 2 is 2.12 bits per heavy atom. The van der Waals surface area contributed by atoms with E-state index in [0.29, 0.717) is 24.5 Å². The second-order valence-electron chi connectivity index (χ2n) is 6.45. The van der Waals surface area contributed by atoms with E-state index in [9.17, 15) is 9.50 Å². The SMILES string of the molecule is C[C@H](Nc1cc(N)ncn1)c1nc2ccc(F)cc2n1C1CC(O)C1. The summed E-state index contributed by atoms with van der Waals surface area (Å²) in [6.07, 6.45) is 2.36. The molecule has 0 spiro atoms. The van der Waals surface area contributed by atoms with E-state index in [1.807, 2.05) is 11.5 Å². The maximum atomic E-state index is 13.7. The van der Waals surface area contributed by atoms with Gasteiger partial charge in [0.2, 0.25) is 0 Å². The molecule has 7 nitrogen and oxygen atoms in total. The van der Waals surface area contributed by atoms with Crippen molar-refractivity contribution in [1.29, 1.82) is 0 Å². The number of nitrogens with one attached hydrogen (secondary N) is 1. The minimum atomic E-state index is -0.311. The zero-order valence-electron chi connectivity index (χ0n) is 13.7. The quantitative estimate of drug-likeness (QED) is 0.673. The first-order chi connectivity index (χ1) is 12.0. The van der Waals surface area contributed by atoms with E-state index in [-0.39, 0.29) is 24.0 Å². The Morgan fingerprint density at radius 3 is 2.84 bits per heavy atom. The number of nitrogens with two attached hydrogens (primary N) is 1. The van der Waals surface area contributed by atoms with Crippen molar-refractivity contribution in [2.24, 2.45) is 0 Å². The lowest BCUT2D eigenvalue weighted by atomic mass is 9.89. The average Bonchev–Trinajstić information content (AvgIpc) is 2.90. The fourth-order valence-electron chi connectivity index (χ4n) is 3.28. The van der Waals surface area contributed by atoms with Crippen LogP contribution in [0.2, 0.25) is 0 Å². The van der Waals surface area contributed by atoms with Crippen LogP contribution in [0.25, 0.3) is 11.0 Å². The Bertz CT molecular complexity index is 921. The van der Waals surface area contributed by atoms with Gasteiger partial charge in [0.05, 0.1) is 23.2 Å². The standard InChI is InChI=1S/C17H19FN6O/c1-9(22-16-7-15(19)20-8-21-16)17-23-13-3-2-10(18)4-14(13)24(17)11-5-12(25)6-11/h2-4,7-9,11-12,25H,5-6H2,1H3,(H3,19,20,21,22)/t9-,11?,12?/m0/s1. The van der Waals surface area contributed by atoms with Gasteiger partial charge in [-0.1, -0.05) is 0 Å². The number of rotatable bonds is 4. The normalized spacial score (nSPS) is 21.1. The first-order valence-electron chi connectivity index (χ1n) is 8.21. The van der Waals surface area contributed by atoms with Gasteiger partial charge in [-0.25, -0.2) is 19.3 Å². The molecule has 2 heterocycles. The summed E-state index contributed by atoms with van der Waals surface area (Å²) in [5.74, 6) is 1.44. The first-order valence-corrected chi connectivity index (χ1v) is 8.21. The third kappa shape index (κ3) is 2.89. The van der Waals surface area contributed by atoms with Crippen LogP contribution in [0.15, 0.2) is 30.6 Å². The number of hydrogen-bond acceptors (Lipinski definition) is 6. The van der Waals surface area contributed by atoms with Crippen LogP contribution in [0.1, 0.15) is 37.7 Å². The minimum Gasteiger partial charge on any atom is -0.393 e. The molecule has 0 aliphatic heterocycles. The van der Waals surface area contributed by atoms with Crippen molar-refractivity contribution < 1.29 is 9.50 Å². The summed E-state index contributed by atoms with van der Waals surface area (Å²) < 4.78 is 15.8. The number of anilines is 2. The van der Waals surface area contributed by atoms with Gasteiger partial charge >= 0.3 is 0 Å². The average molecular weight is 342 g/mol. The van der Waals surface area contributed by atoms with Gasteiger partial charge in [0.1, 0.15) is 29.6 Å². The van der Waals surface area contributed by atoms with Crippen molar-refractivity contribution in [3.05, 3.63) is 42.2 Å². The van der Waals surface area contributed by atoms with Gasteiger partial charge in [-0.05, 0) is 38.0 Å². The van der Waals surface area contributed by atoms with E-state index in [1.54, 1.807) is 12.1 Å². The summed E-state index contributed by atoms with van der Waals surface area (Å²) in [6.45, 7) is 1.96. The number of imidazole rings is 1. The fraction of sp³-hybridized carbons (Fsp3) is 0.353. The van der Waals surface area contributed by atoms with E-state index in [1.165, 1.54) is 18.5 Å². The van der Waals surface area contributed by atoms with Gasteiger partial charge in [-0.2, -0.15) is 0 Å². The zero-order chi connectivity index (χ0) is 17.6. The van der Waals surface area contributed by atoms with Crippen molar-refractivity contribution in [2.45, 2.75) is 38.0 Å². The topological polar surface area (TPSA) is 102 Å². The van der Waals surface area contributed by atoms with Gasteiger partial charge in [-0.15, -0.1) is 0 Å². The number of nitrogen functional groups attached to an aromatic ring is 1. The Labute approximate surface area is 143 Å². The predicted molar refractivity (Wildman–Crippen MR) is 92.5 cm³/mol. The van der Waals surface area contributed by atoms with Crippen molar-refractivity contribution in [3.8, 4) is 0 Å². The fourth-order valence-corrected chi connectivity index (χ4v) is 3.28. The Kier molecular flexibility index (Phi) is 3.76. The smallest absolute Gasteiger partial charge is 0.132 e. The second kappa shape index (κ2) is 5.96. The van der Waals surface area contributed by atoms with Crippen molar-refractivity contribution >= 4 is 22.7 Å². The molecule has 0 saturated heterocycles. The lowest BCUT2D eigenvalue weighted by molar-refractivity contribution is 0.0488. The lowest BCUT2D eigenvalue weighted by Crippen LogP contribution is -2.32. The molecule has 1 saturated carbocycles. The largest absolute Gasteiger partial charge is 0.393 e. The molecule has 0 amide bonds. The molecule has 1 aromatic carbocycles. The number of benzene rings is 1. The van der Waals surface area contributed by atoms with Crippen LogP contribution < -0.4 is 11.1 Å². The zero-order valence-corrected chi connectivity index (χ0v) is 13.7. The summed E-state index contributed by atoms with van der Waals surface area (Å²) in [5, 5.41) is 12.9. The number of nitrogens with zero attached hydrogens (tertiary/aromatic N) is 4. The van der Waals surface area contributed by atoms with Crippen molar-refractivity contribution in [3.63, 3.8) is 0 Å². The molecule has 0 unspecified atom stereocenters. The third-order valence-electron chi connectivity index (χ3n) is 4.57. The van der Waals surface area contributed by atoms with E-state index >= 15 is 0 Å². The summed E-state index contributed by atoms with van der Waals surface area (Å²) >= 11 is 0. The van der Waals surface area contributed by atoms with Crippen molar-refractivity contribution in [2.75, 3.05) is 11.1 Å². The molecule has 1 aliphatic carbocycles. The molecule has 1 atom stereocenters. The van der Waals surface area contributed by atoms with Crippen LogP contribution >= 0.6 is 0 Å². The third-order valence-corrected chi connectivity index (χ3v) is 4.57. The van der Waals surface area contributed by atoms with Gasteiger partial charge < -0.3 is 20.7 Å². The van der Waals surface area contributed by atoms with Crippen LogP contribution in [-0.2, 0) is 0 Å². The van der Waals surface area contributed by atoms with Crippen LogP contribution in [0.3, 0.4) is 0 Å². The molecule has 8 heteroatoms. The van der Waals surface area contributed by atoms with Gasteiger partial charge in [0.15, 0.2) is 0 Å². The van der Waals surface area contributed by atoms with Crippen LogP contribution in [0.4, 0.5) is 16.0 Å². The molecule has 4 rings (SSSR count). The number of fused-ring (bicyclic) bond motifs is 1. The minimum absolute atomic E-state index is 0.108. The number of hydrogen-bond donors (Lipinski definition) is 3. The van der Waals surface area contributed by atoms with Crippen LogP contribution in [0.5, 0.6) is 0 Å². The Hall–Kier alpha value is -2.74. The molecule has 130 valence electrons. The molecule has 0 radical (unpaired) electrons. The maximum absolute atomic E-state index is 13.7. The Balaban J connectivity index is 1.73. The van der Waals surface area contributed by atoms with Crippen molar-refractivity contribution in [1.82, 2.24) is 19.5 Å². The van der Waals surface area contributed by atoms with Gasteiger partial charge in [0.25, 0.3) is 0 Å². The van der Waals surface area contributed by atoms with Gasteiger partial charge in [-0.3, -0.25) is 0 Å². The number of aromatic nitrogens is 4. The van der Waals surface area contributed by atoms with E-state index in [2.05, 4.69) is 20.3 Å². The number of aliphatic hydroxyl groups excluding tert-OH is 1. The second-order valence-corrected chi connectivity index (χ2v) is 6.45. The summed E-state index contributed by atoms with van der Waals surface area (Å²) in [5.41, 5.74) is 7.16. The van der Waals surface area contributed by atoms with E-state index in [4.69, 9.17) is 5.73 Å². The highest BCUT2D eigenvalue weighted by atomic mass is 19.1. The monoisotopic (exact) mass is 342 g/mol. The van der Waals surface area contributed by atoms with E-state index in [0.717, 1.165) is 16.9 Å². The highest BCUT2D eigenvalue weighted by molar-refractivity contribution is 5.76. The first kappa shape index (κ1) is 15.8. The Morgan fingerprint density at radius 1 is 1.32 bits per heavy atom. The van der Waals surface area contributed by atoms with Crippen LogP contribution in [-0.4, -0.2) is 30.7 Å². The molecule has 1 aliphatic rings. The molecular weight excluding hydrogens is 323 g/mol. The summed E-state index contributed by atoms with van der Waals surface area (Å²) in [4.78, 5) is 12.7. The maximum Gasteiger partial charge on any atom is 0.132 e. The predicted octanol–water partition coefficient (Wildman–Crippen LogP) is 2.42. The molecule has 25 heavy (non-hydrogen) atoms. The molecule has 0 bridgehead atoms. The summed E-state index contributed by atoms with van der Waals surface area (Å²) in [6, 6.07) is 6.15. The summed E-state index contributed by atoms with van der Waals surface area (Å²) in [7, 11) is 0. The highest BCUT2D eigenvalue weighted by Crippen LogP contribution is 2.37. The lowest BCUT2D eigenvalue weighted by Gasteiger charge is -2.34. The van der Waals surface area contributed by atoms with Crippen LogP contribution in [0, 0.1) is 5.82 Å². The molecule has 3 aromatic rings. The molecule has 4 N–H and O–H groups in total. The van der Waals surface area contributed by atoms with E-state index < -0.39 is 0 Å².